The summed E-state index contributed by atoms with van der Waals surface area (Å²) in [4.78, 5) is 0. The van der Waals surface area contributed by atoms with E-state index in [0.717, 1.165) is 23.6 Å². The first-order valence-electron chi connectivity index (χ1n) is 4.39. The van der Waals surface area contributed by atoms with E-state index in [4.69, 9.17) is 16.7 Å². The molecular formula is C10H12ClNO. The van der Waals surface area contributed by atoms with Gasteiger partial charge in [0.25, 0.3) is 0 Å². The molecule has 0 radical (unpaired) electrons. The molecule has 1 aromatic rings. The summed E-state index contributed by atoms with van der Waals surface area (Å²) in [6.07, 6.45) is 2.10. The van der Waals surface area contributed by atoms with Crippen LogP contribution < -0.4 is 5.32 Å². The first-order valence-corrected chi connectivity index (χ1v) is 4.77. The summed E-state index contributed by atoms with van der Waals surface area (Å²) in [6, 6.07) is 7.55. The SMILES string of the molecule is OCC1(Nc2ccc(Cl)cc2)CC1. The molecule has 13 heavy (non-hydrogen) atoms. The van der Waals surface area contributed by atoms with Gasteiger partial charge in [0.05, 0.1) is 12.1 Å². The first kappa shape index (κ1) is 8.85. The molecule has 0 amide bonds. The summed E-state index contributed by atoms with van der Waals surface area (Å²) in [7, 11) is 0. The third kappa shape index (κ3) is 1.95. The smallest absolute Gasteiger partial charge is 0.0661 e. The Hall–Kier alpha value is -0.730. The molecule has 0 atom stereocenters. The van der Waals surface area contributed by atoms with Crippen LogP contribution in [-0.4, -0.2) is 17.3 Å². The lowest BCUT2D eigenvalue weighted by Crippen LogP contribution is -2.25. The van der Waals surface area contributed by atoms with Crippen molar-refractivity contribution >= 4 is 17.3 Å². The zero-order chi connectivity index (χ0) is 9.31. The second kappa shape index (κ2) is 3.20. The number of aliphatic hydroxyl groups is 1. The fourth-order valence-electron chi connectivity index (χ4n) is 1.31. The molecule has 1 aliphatic rings. The van der Waals surface area contributed by atoms with E-state index in [9.17, 15) is 0 Å². The lowest BCUT2D eigenvalue weighted by molar-refractivity contribution is 0.266. The van der Waals surface area contributed by atoms with Gasteiger partial charge >= 0.3 is 0 Å². The van der Waals surface area contributed by atoms with E-state index in [-0.39, 0.29) is 12.1 Å². The average Bonchev–Trinajstić information content (AvgIpc) is 2.90. The van der Waals surface area contributed by atoms with Gasteiger partial charge < -0.3 is 10.4 Å². The molecule has 0 unspecified atom stereocenters. The number of aliphatic hydroxyl groups excluding tert-OH is 1. The molecule has 1 saturated carbocycles. The van der Waals surface area contributed by atoms with Crippen molar-refractivity contribution in [3.8, 4) is 0 Å². The van der Waals surface area contributed by atoms with Crippen LogP contribution >= 0.6 is 11.6 Å². The van der Waals surface area contributed by atoms with Crippen LogP contribution in [0.2, 0.25) is 5.02 Å². The second-order valence-electron chi connectivity index (χ2n) is 3.57. The Bertz CT molecular complexity index is 292. The minimum Gasteiger partial charge on any atom is -0.394 e. The number of hydrogen-bond donors (Lipinski definition) is 2. The van der Waals surface area contributed by atoms with Gasteiger partial charge in [0.1, 0.15) is 0 Å². The molecule has 0 aromatic heterocycles. The van der Waals surface area contributed by atoms with Gasteiger partial charge in [-0.05, 0) is 37.1 Å². The average molecular weight is 198 g/mol. The Morgan fingerprint density at radius 2 is 1.92 bits per heavy atom. The maximum absolute atomic E-state index is 9.08. The van der Waals surface area contributed by atoms with E-state index >= 15 is 0 Å². The molecule has 70 valence electrons. The normalized spacial score (nSPS) is 18.3. The van der Waals surface area contributed by atoms with Crippen molar-refractivity contribution in [2.45, 2.75) is 18.4 Å². The van der Waals surface area contributed by atoms with E-state index in [0.29, 0.717) is 0 Å². The van der Waals surface area contributed by atoms with Gasteiger partial charge in [0.2, 0.25) is 0 Å². The third-order valence-electron chi connectivity index (χ3n) is 2.41. The molecule has 1 aliphatic carbocycles. The highest BCUT2D eigenvalue weighted by Gasteiger charge is 2.41. The molecule has 2 rings (SSSR count). The van der Waals surface area contributed by atoms with Crippen LogP contribution in [0.3, 0.4) is 0 Å². The van der Waals surface area contributed by atoms with Gasteiger partial charge in [-0.3, -0.25) is 0 Å². The van der Waals surface area contributed by atoms with Crippen LogP contribution in [0.15, 0.2) is 24.3 Å². The van der Waals surface area contributed by atoms with Crippen molar-refractivity contribution in [3.63, 3.8) is 0 Å². The highest BCUT2D eigenvalue weighted by molar-refractivity contribution is 6.30. The highest BCUT2D eigenvalue weighted by atomic mass is 35.5. The highest BCUT2D eigenvalue weighted by Crippen LogP contribution is 2.38. The van der Waals surface area contributed by atoms with Crippen LogP contribution in [-0.2, 0) is 0 Å². The first-order chi connectivity index (χ1) is 6.24. The molecule has 2 nitrogen and oxygen atoms in total. The molecule has 0 spiro atoms. The molecule has 0 bridgehead atoms. The van der Waals surface area contributed by atoms with Gasteiger partial charge in [0.15, 0.2) is 0 Å². The van der Waals surface area contributed by atoms with Gasteiger partial charge in [0, 0.05) is 10.7 Å². The van der Waals surface area contributed by atoms with Crippen LogP contribution in [0.25, 0.3) is 0 Å². The van der Waals surface area contributed by atoms with Crippen LogP contribution in [0.1, 0.15) is 12.8 Å². The largest absolute Gasteiger partial charge is 0.394 e. The zero-order valence-corrected chi connectivity index (χ0v) is 8.01. The van der Waals surface area contributed by atoms with Crippen molar-refractivity contribution in [2.24, 2.45) is 0 Å². The van der Waals surface area contributed by atoms with E-state index in [1.54, 1.807) is 0 Å². The third-order valence-corrected chi connectivity index (χ3v) is 2.66. The lowest BCUT2D eigenvalue weighted by Gasteiger charge is -2.15. The molecule has 2 N–H and O–H groups in total. The van der Waals surface area contributed by atoms with E-state index in [1.807, 2.05) is 24.3 Å². The Morgan fingerprint density at radius 1 is 1.31 bits per heavy atom. The maximum atomic E-state index is 9.08. The molecule has 1 fully saturated rings. The molecular weight excluding hydrogens is 186 g/mol. The van der Waals surface area contributed by atoms with E-state index in [1.165, 1.54) is 0 Å². The Balaban J connectivity index is 2.06. The van der Waals surface area contributed by atoms with E-state index in [2.05, 4.69) is 5.32 Å². The predicted molar refractivity (Wildman–Crippen MR) is 54.1 cm³/mol. The summed E-state index contributed by atoms with van der Waals surface area (Å²) in [5, 5.41) is 13.1. The summed E-state index contributed by atoms with van der Waals surface area (Å²) in [5.41, 5.74) is 0.976. The van der Waals surface area contributed by atoms with Crippen LogP contribution in [0, 0.1) is 0 Å². The predicted octanol–water partition coefficient (Wildman–Crippen LogP) is 2.28. The number of benzene rings is 1. The standard InChI is InChI=1S/C10H12ClNO/c11-8-1-3-9(4-2-8)12-10(7-13)5-6-10/h1-4,12-13H,5-7H2. The summed E-state index contributed by atoms with van der Waals surface area (Å²) < 4.78 is 0. The fraction of sp³-hybridized carbons (Fsp3) is 0.400. The number of anilines is 1. The Labute approximate surface area is 82.5 Å². The summed E-state index contributed by atoms with van der Waals surface area (Å²) in [6.45, 7) is 0.204. The van der Waals surface area contributed by atoms with Gasteiger partial charge in [-0.25, -0.2) is 0 Å². The number of nitrogens with one attached hydrogen (secondary N) is 1. The number of hydrogen-bond acceptors (Lipinski definition) is 2. The van der Waals surface area contributed by atoms with Crippen molar-refractivity contribution in [2.75, 3.05) is 11.9 Å². The number of rotatable bonds is 3. The monoisotopic (exact) mass is 197 g/mol. The molecule has 1 aromatic carbocycles. The second-order valence-corrected chi connectivity index (χ2v) is 4.01. The van der Waals surface area contributed by atoms with Crippen molar-refractivity contribution < 1.29 is 5.11 Å². The van der Waals surface area contributed by atoms with Crippen molar-refractivity contribution in [1.29, 1.82) is 0 Å². The lowest BCUT2D eigenvalue weighted by atomic mass is 10.2. The minimum absolute atomic E-state index is 0.0478. The fourth-order valence-corrected chi connectivity index (χ4v) is 1.44. The van der Waals surface area contributed by atoms with Crippen molar-refractivity contribution in [3.05, 3.63) is 29.3 Å². The Kier molecular flexibility index (Phi) is 2.18. The van der Waals surface area contributed by atoms with Crippen LogP contribution in [0.5, 0.6) is 0 Å². The molecule has 0 saturated heterocycles. The van der Waals surface area contributed by atoms with Crippen molar-refractivity contribution in [1.82, 2.24) is 0 Å². The minimum atomic E-state index is -0.0478. The topological polar surface area (TPSA) is 32.3 Å². The van der Waals surface area contributed by atoms with Crippen LogP contribution in [0.4, 0.5) is 5.69 Å². The Morgan fingerprint density at radius 3 is 2.38 bits per heavy atom. The summed E-state index contributed by atoms with van der Waals surface area (Å²) >= 11 is 5.76. The summed E-state index contributed by atoms with van der Waals surface area (Å²) in [5.74, 6) is 0. The molecule has 0 aliphatic heterocycles. The quantitative estimate of drug-likeness (QED) is 0.779. The van der Waals surface area contributed by atoms with Gasteiger partial charge in [-0.2, -0.15) is 0 Å². The molecule has 3 heteroatoms. The molecule has 0 heterocycles. The number of halogens is 1. The maximum Gasteiger partial charge on any atom is 0.0661 e. The zero-order valence-electron chi connectivity index (χ0n) is 7.26. The van der Waals surface area contributed by atoms with Gasteiger partial charge in [-0.15, -0.1) is 0 Å². The van der Waals surface area contributed by atoms with Gasteiger partial charge in [-0.1, -0.05) is 11.6 Å². The van der Waals surface area contributed by atoms with E-state index < -0.39 is 0 Å².